The maximum absolute atomic E-state index is 13.4. The molecular weight excluding hydrogens is 285 g/mol. The minimum Gasteiger partial charge on any atom is -0.457 e. The maximum Gasteiger partial charge on any atom is 0.340 e. The van der Waals surface area contributed by atoms with E-state index in [1.165, 1.54) is 0 Å². The number of aromatic nitrogens is 1. The van der Waals surface area contributed by atoms with E-state index in [0.717, 1.165) is 17.8 Å². The van der Waals surface area contributed by atoms with Gasteiger partial charge in [-0.05, 0) is 23.2 Å². The van der Waals surface area contributed by atoms with Crippen LogP contribution in [0.5, 0.6) is 0 Å². The summed E-state index contributed by atoms with van der Waals surface area (Å²) in [6.45, 7) is 0.0669. The molecule has 0 amide bonds. The van der Waals surface area contributed by atoms with Crippen molar-refractivity contribution in [2.75, 3.05) is 0 Å². The number of pyridine rings is 1. The molecule has 2 rings (SSSR count). The third kappa shape index (κ3) is 3.39. The van der Waals surface area contributed by atoms with E-state index in [2.05, 4.69) is 4.98 Å². The van der Waals surface area contributed by atoms with Gasteiger partial charge in [0.2, 0.25) is 0 Å². The van der Waals surface area contributed by atoms with Crippen molar-refractivity contribution in [2.45, 2.75) is 6.61 Å². The summed E-state index contributed by atoms with van der Waals surface area (Å²) in [5.74, 6) is -1.69. The molecule has 0 unspecified atom stereocenters. The van der Waals surface area contributed by atoms with Gasteiger partial charge in [0.25, 0.3) is 5.24 Å². The van der Waals surface area contributed by atoms with Crippen LogP contribution in [-0.2, 0) is 11.3 Å². The fourth-order valence-electron chi connectivity index (χ4n) is 1.50. The van der Waals surface area contributed by atoms with Crippen LogP contribution in [-0.4, -0.2) is 16.2 Å². The smallest absolute Gasteiger partial charge is 0.340 e. The maximum atomic E-state index is 13.4. The highest BCUT2D eigenvalue weighted by atomic mass is 35.5. The van der Waals surface area contributed by atoms with Gasteiger partial charge in [-0.25, -0.2) is 14.2 Å². The quantitative estimate of drug-likeness (QED) is 0.642. The van der Waals surface area contributed by atoms with Crippen molar-refractivity contribution in [1.29, 1.82) is 0 Å². The topological polar surface area (TPSA) is 56.3 Å². The summed E-state index contributed by atoms with van der Waals surface area (Å²) >= 11 is 5.12. The normalized spacial score (nSPS) is 10.1. The molecule has 0 radical (unpaired) electrons. The largest absolute Gasteiger partial charge is 0.457 e. The van der Waals surface area contributed by atoms with Crippen LogP contribution in [0, 0.1) is 5.82 Å². The second-order valence-electron chi connectivity index (χ2n) is 3.89. The Labute approximate surface area is 119 Å². The molecule has 0 fully saturated rings. The van der Waals surface area contributed by atoms with Crippen molar-refractivity contribution < 1.29 is 18.7 Å². The van der Waals surface area contributed by atoms with Crippen molar-refractivity contribution in [3.05, 3.63) is 65.2 Å². The van der Waals surface area contributed by atoms with Gasteiger partial charge >= 0.3 is 5.97 Å². The molecule has 1 aromatic carbocycles. The Morgan fingerprint density at radius 2 is 1.95 bits per heavy atom. The van der Waals surface area contributed by atoms with E-state index < -0.39 is 22.7 Å². The Kier molecular flexibility index (Phi) is 4.42. The minimum absolute atomic E-state index is 0.0669. The predicted octanol–water partition coefficient (Wildman–Crippen LogP) is 2.96. The summed E-state index contributed by atoms with van der Waals surface area (Å²) in [6, 6.07) is 9.92. The summed E-state index contributed by atoms with van der Waals surface area (Å²) in [6.07, 6.45) is 1.05. The number of hydrogen-bond acceptors (Lipinski definition) is 4. The van der Waals surface area contributed by atoms with Gasteiger partial charge in [-0.3, -0.25) is 4.79 Å². The average Bonchev–Trinajstić information content (AvgIpc) is 2.45. The standard InChI is InChI=1S/C14H9ClFNO3/c15-13(18)12-11(16)6-10(7-17-12)14(19)20-8-9-4-2-1-3-5-9/h1-7H,8H2. The molecule has 0 atom stereocenters. The Bertz CT molecular complexity index is 646. The molecule has 0 aliphatic heterocycles. The molecule has 0 bridgehead atoms. The Morgan fingerprint density at radius 3 is 2.55 bits per heavy atom. The number of rotatable bonds is 4. The van der Waals surface area contributed by atoms with Gasteiger partial charge in [-0.1, -0.05) is 30.3 Å². The Morgan fingerprint density at radius 1 is 1.25 bits per heavy atom. The van der Waals surface area contributed by atoms with Gasteiger partial charge in [-0.2, -0.15) is 0 Å². The Balaban J connectivity index is 2.06. The molecule has 0 spiro atoms. The van der Waals surface area contributed by atoms with Crippen LogP contribution in [0.15, 0.2) is 42.6 Å². The average molecular weight is 294 g/mol. The lowest BCUT2D eigenvalue weighted by Gasteiger charge is -2.05. The molecule has 0 aliphatic carbocycles. The number of hydrogen-bond donors (Lipinski definition) is 0. The minimum atomic E-state index is -1.02. The molecule has 0 aliphatic rings. The molecule has 1 aromatic heterocycles. The SMILES string of the molecule is O=C(OCc1ccccc1)c1cnc(C(=O)Cl)c(F)c1. The van der Waals surface area contributed by atoms with Gasteiger partial charge in [0.05, 0.1) is 5.56 Å². The zero-order valence-corrected chi connectivity index (χ0v) is 10.9. The summed E-state index contributed by atoms with van der Waals surface area (Å²) in [4.78, 5) is 26.0. The summed E-state index contributed by atoms with van der Waals surface area (Å²) in [7, 11) is 0. The molecular formula is C14H9ClFNO3. The van der Waals surface area contributed by atoms with Crippen LogP contribution in [0.2, 0.25) is 0 Å². The van der Waals surface area contributed by atoms with Gasteiger partial charge in [-0.15, -0.1) is 0 Å². The number of benzene rings is 1. The zero-order valence-electron chi connectivity index (χ0n) is 10.2. The summed E-state index contributed by atoms with van der Waals surface area (Å²) in [5.41, 5.74) is 0.202. The van der Waals surface area contributed by atoms with E-state index in [9.17, 15) is 14.0 Å². The van der Waals surface area contributed by atoms with Crippen LogP contribution < -0.4 is 0 Å². The molecule has 0 N–H and O–H groups in total. The fourth-order valence-corrected chi connectivity index (χ4v) is 1.64. The van der Waals surface area contributed by atoms with Crippen LogP contribution >= 0.6 is 11.6 Å². The first-order valence-corrected chi connectivity index (χ1v) is 6.02. The highest BCUT2D eigenvalue weighted by Gasteiger charge is 2.15. The van der Waals surface area contributed by atoms with E-state index >= 15 is 0 Å². The summed E-state index contributed by atoms with van der Waals surface area (Å²) in [5, 5.41) is -1.02. The molecule has 6 heteroatoms. The third-order valence-electron chi connectivity index (χ3n) is 2.48. The first kappa shape index (κ1) is 14.1. The molecule has 2 aromatic rings. The fraction of sp³-hybridized carbons (Fsp3) is 0.0714. The van der Waals surface area contributed by atoms with E-state index in [-0.39, 0.29) is 12.2 Å². The van der Waals surface area contributed by atoms with Gasteiger partial charge in [0.15, 0.2) is 11.5 Å². The first-order valence-electron chi connectivity index (χ1n) is 5.64. The highest BCUT2D eigenvalue weighted by molar-refractivity contribution is 6.67. The van der Waals surface area contributed by atoms with E-state index in [4.69, 9.17) is 16.3 Å². The number of nitrogens with zero attached hydrogens (tertiary/aromatic N) is 1. The van der Waals surface area contributed by atoms with Crippen LogP contribution in [0.1, 0.15) is 26.4 Å². The van der Waals surface area contributed by atoms with Gasteiger partial charge < -0.3 is 4.74 Å². The molecule has 0 saturated carbocycles. The number of ether oxygens (including phenoxy) is 1. The second kappa shape index (κ2) is 6.25. The lowest BCUT2D eigenvalue weighted by Crippen LogP contribution is -2.08. The second-order valence-corrected chi connectivity index (χ2v) is 4.23. The van der Waals surface area contributed by atoms with Gasteiger partial charge in [0.1, 0.15) is 6.61 Å². The van der Waals surface area contributed by atoms with Gasteiger partial charge in [0, 0.05) is 6.20 Å². The van der Waals surface area contributed by atoms with E-state index in [1.807, 2.05) is 18.2 Å². The summed E-state index contributed by atoms with van der Waals surface area (Å²) < 4.78 is 18.5. The Hall–Kier alpha value is -2.27. The highest BCUT2D eigenvalue weighted by Crippen LogP contribution is 2.11. The van der Waals surface area contributed by atoms with Crippen LogP contribution in [0.4, 0.5) is 4.39 Å². The number of esters is 1. The lowest BCUT2D eigenvalue weighted by atomic mass is 10.2. The molecule has 1 heterocycles. The number of halogens is 2. The lowest BCUT2D eigenvalue weighted by molar-refractivity contribution is 0.0471. The number of carbonyl (C=O) groups is 2. The van der Waals surface area contributed by atoms with Crippen molar-refractivity contribution in [1.82, 2.24) is 4.98 Å². The van der Waals surface area contributed by atoms with E-state index in [1.54, 1.807) is 12.1 Å². The van der Waals surface area contributed by atoms with Crippen molar-refractivity contribution in [2.24, 2.45) is 0 Å². The molecule has 0 saturated heterocycles. The first-order chi connectivity index (χ1) is 9.58. The zero-order chi connectivity index (χ0) is 14.5. The molecule has 4 nitrogen and oxygen atoms in total. The number of carbonyl (C=O) groups excluding carboxylic acids is 2. The van der Waals surface area contributed by atoms with Crippen LogP contribution in [0.25, 0.3) is 0 Å². The molecule has 102 valence electrons. The predicted molar refractivity (Wildman–Crippen MR) is 69.9 cm³/mol. The van der Waals surface area contributed by atoms with Crippen molar-refractivity contribution in [3.8, 4) is 0 Å². The van der Waals surface area contributed by atoms with Crippen molar-refractivity contribution in [3.63, 3.8) is 0 Å². The molecule has 20 heavy (non-hydrogen) atoms. The van der Waals surface area contributed by atoms with Crippen molar-refractivity contribution >= 4 is 22.8 Å². The monoisotopic (exact) mass is 293 g/mol. The van der Waals surface area contributed by atoms with Crippen LogP contribution in [0.3, 0.4) is 0 Å². The van der Waals surface area contributed by atoms with E-state index in [0.29, 0.717) is 0 Å². The third-order valence-corrected chi connectivity index (χ3v) is 2.65.